The number of benzene rings is 2. The maximum absolute atomic E-state index is 12.3. The van der Waals surface area contributed by atoms with Crippen molar-refractivity contribution >= 4 is 5.91 Å². The molecule has 1 heterocycles. The molecule has 0 saturated carbocycles. The van der Waals surface area contributed by atoms with Crippen LogP contribution >= 0.6 is 0 Å². The van der Waals surface area contributed by atoms with E-state index in [2.05, 4.69) is 16.6 Å². The average Bonchev–Trinajstić information content (AvgIpc) is 3.16. The second-order valence-corrected chi connectivity index (χ2v) is 7.22. The van der Waals surface area contributed by atoms with E-state index in [9.17, 15) is 4.79 Å². The Morgan fingerprint density at radius 3 is 2.73 bits per heavy atom. The van der Waals surface area contributed by atoms with E-state index in [0.717, 1.165) is 35.5 Å². The lowest BCUT2D eigenvalue weighted by Crippen LogP contribution is -2.35. The number of rotatable bonds is 10. The van der Waals surface area contributed by atoms with E-state index in [1.54, 1.807) is 14.0 Å². The molecule has 30 heavy (non-hydrogen) atoms. The van der Waals surface area contributed by atoms with Crippen LogP contribution in [0.15, 0.2) is 60.8 Å². The van der Waals surface area contributed by atoms with Crippen molar-refractivity contribution in [2.75, 3.05) is 13.7 Å². The molecule has 6 heteroatoms. The van der Waals surface area contributed by atoms with Gasteiger partial charge in [-0.15, -0.1) is 0 Å². The molecule has 0 spiro atoms. The van der Waals surface area contributed by atoms with Crippen molar-refractivity contribution < 1.29 is 14.3 Å². The summed E-state index contributed by atoms with van der Waals surface area (Å²) in [6.07, 6.45) is 3.25. The van der Waals surface area contributed by atoms with Crippen molar-refractivity contribution in [2.24, 2.45) is 0 Å². The number of nitrogens with one attached hydrogen (secondary N) is 1. The number of aryl methyl sites for hydroxylation is 2. The van der Waals surface area contributed by atoms with E-state index in [4.69, 9.17) is 9.47 Å². The Bertz CT molecular complexity index is 953. The SMILES string of the molecule is COc1cccc(COC(C)C(=O)NCCCc2cn(-c3ccccc3)nc2C)c1. The molecule has 0 aliphatic heterocycles. The van der Waals surface area contributed by atoms with Gasteiger partial charge in [0.25, 0.3) is 0 Å². The maximum Gasteiger partial charge on any atom is 0.248 e. The molecule has 1 N–H and O–H groups in total. The summed E-state index contributed by atoms with van der Waals surface area (Å²) in [5, 5.41) is 7.54. The van der Waals surface area contributed by atoms with Crippen molar-refractivity contribution in [1.29, 1.82) is 0 Å². The second-order valence-electron chi connectivity index (χ2n) is 7.22. The molecule has 1 amide bonds. The molecule has 0 aliphatic carbocycles. The van der Waals surface area contributed by atoms with Gasteiger partial charge in [-0.3, -0.25) is 4.79 Å². The summed E-state index contributed by atoms with van der Waals surface area (Å²) in [4.78, 5) is 12.3. The molecule has 1 aromatic heterocycles. The molecule has 1 atom stereocenters. The molecule has 3 aromatic rings. The molecule has 0 radical (unpaired) electrons. The topological polar surface area (TPSA) is 65.4 Å². The van der Waals surface area contributed by atoms with Gasteiger partial charge in [0.2, 0.25) is 5.91 Å². The molecule has 0 saturated heterocycles. The third-order valence-corrected chi connectivity index (χ3v) is 4.95. The zero-order chi connectivity index (χ0) is 21.3. The highest BCUT2D eigenvalue weighted by Crippen LogP contribution is 2.15. The zero-order valence-electron chi connectivity index (χ0n) is 17.8. The van der Waals surface area contributed by atoms with Crippen molar-refractivity contribution in [3.63, 3.8) is 0 Å². The first kappa shape index (κ1) is 21.6. The Hall–Kier alpha value is -3.12. The van der Waals surface area contributed by atoms with Crippen LogP contribution in [0.25, 0.3) is 5.69 Å². The Labute approximate surface area is 177 Å². The zero-order valence-corrected chi connectivity index (χ0v) is 17.8. The lowest BCUT2D eigenvalue weighted by atomic mass is 10.1. The number of carbonyl (C=O) groups is 1. The average molecular weight is 408 g/mol. The van der Waals surface area contributed by atoms with Crippen LogP contribution in [0.4, 0.5) is 0 Å². The van der Waals surface area contributed by atoms with E-state index in [1.165, 1.54) is 5.56 Å². The van der Waals surface area contributed by atoms with Crippen molar-refractivity contribution in [3.05, 3.63) is 77.6 Å². The van der Waals surface area contributed by atoms with Gasteiger partial charge in [0, 0.05) is 12.7 Å². The first-order chi connectivity index (χ1) is 14.6. The quantitative estimate of drug-likeness (QED) is 0.519. The summed E-state index contributed by atoms with van der Waals surface area (Å²) >= 11 is 0. The van der Waals surface area contributed by atoms with Gasteiger partial charge in [-0.2, -0.15) is 5.10 Å². The van der Waals surface area contributed by atoms with Crippen molar-refractivity contribution in [2.45, 2.75) is 39.4 Å². The van der Waals surface area contributed by atoms with Gasteiger partial charge in [0.05, 0.1) is 25.1 Å². The third-order valence-electron chi connectivity index (χ3n) is 4.95. The number of aromatic nitrogens is 2. The molecular weight excluding hydrogens is 378 g/mol. The van der Waals surface area contributed by atoms with Gasteiger partial charge in [-0.25, -0.2) is 4.68 Å². The molecule has 0 bridgehead atoms. The molecule has 2 aromatic carbocycles. The fourth-order valence-corrected chi connectivity index (χ4v) is 3.15. The fourth-order valence-electron chi connectivity index (χ4n) is 3.15. The molecular formula is C24H29N3O3. The van der Waals surface area contributed by atoms with Gasteiger partial charge in [-0.05, 0) is 62.1 Å². The van der Waals surface area contributed by atoms with Crippen LogP contribution in [0.3, 0.4) is 0 Å². The van der Waals surface area contributed by atoms with Crippen LogP contribution in [-0.4, -0.2) is 35.4 Å². The number of hydrogen-bond donors (Lipinski definition) is 1. The molecule has 0 aliphatic rings. The fraction of sp³-hybridized carbons (Fsp3) is 0.333. The Morgan fingerprint density at radius 1 is 1.17 bits per heavy atom. The molecule has 0 fully saturated rings. The smallest absolute Gasteiger partial charge is 0.248 e. The molecule has 158 valence electrons. The minimum absolute atomic E-state index is 0.102. The van der Waals surface area contributed by atoms with Crippen LogP contribution in [0, 0.1) is 6.92 Å². The summed E-state index contributed by atoms with van der Waals surface area (Å²) in [6.45, 7) is 4.75. The minimum atomic E-state index is -0.515. The number of para-hydroxylation sites is 1. The van der Waals surface area contributed by atoms with Gasteiger partial charge < -0.3 is 14.8 Å². The Kier molecular flexibility index (Phi) is 7.63. The van der Waals surface area contributed by atoms with Gasteiger partial charge in [0.15, 0.2) is 0 Å². The van der Waals surface area contributed by atoms with Crippen LogP contribution in [0.2, 0.25) is 0 Å². The van der Waals surface area contributed by atoms with Crippen LogP contribution in [-0.2, 0) is 22.6 Å². The van der Waals surface area contributed by atoms with E-state index < -0.39 is 6.10 Å². The van der Waals surface area contributed by atoms with Crippen molar-refractivity contribution in [1.82, 2.24) is 15.1 Å². The predicted octanol–water partition coefficient (Wildman–Crippen LogP) is 3.84. The summed E-state index contributed by atoms with van der Waals surface area (Å²) in [5.74, 6) is 0.675. The first-order valence-electron chi connectivity index (χ1n) is 10.2. The second kappa shape index (κ2) is 10.6. The minimum Gasteiger partial charge on any atom is -0.497 e. The van der Waals surface area contributed by atoms with Crippen molar-refractivity contribution in [3.8, 4) is 11.4 Å². The predicted molar refractivity (Wildman–Crippen MR) is 117 cm³/mol. The normalized spacial score (nSPS) is 11.8. The first-order valence-corrected chi connectivity index (χ1v) is 10.2. The number of ether oxygens (including phenoxy) is 2. The monoisotopic (exact) mass is 407 g/mol. The largest absolute Gasteiger partial charge is 0.497 e. The van der Waals surface area contributed by atoms with Gasteiger partial charge >= 0.3 is 0 Å². The van der Waals surface area contributed by atoms with Crippen LogP contribution < -0.4 is 10.1 Å². The summed E-state index contributed by atoms with van der Waals surface area (Å²) in [5.41, 5.74) is 4.22. The molecule has 1 unspecified atom stereocenters. The van der Waals surface area contributed by atoms with Gasteiger partial charge in [0.1, 0.15) is 11.9 Å². The summed E-state index contributed by atoms with van der Waals surface area (Å²) in [7, 11) is 1.63. The Balaban J connectivity index is 1.40. The third kappa shape index (κ3) is 5.94. The number of carbonyl (C=O) groups excluding carboxylic acids is 1. The van der Waals surface area contributed by atoms with Gasteiger partial charge in [-0.1, -0.05) is 30.3 Å². The van der Waals surface area contributed by atoms with E-state index in [0.29, 0.717) is 13.2 Å². The molecule has 3 rings (SSSR count). The number of methoxy groups -OCH3 is 1. The highest BCUT2D eigenvalue weighted by Gasteiger charge is 2.13. The lowest BCUT2D eigenvalue weighted by Gasteiger charge is -2.14. The number of nitrogens with zero attached hydrogens (tertiary/aromatic N) is 2. The molecule has 6 nitrogen and oxygen atoms in total. The van der Waals surface area contributed by atoms with E-state index >= 15 is 0 Å². The number of hydrogen-bond acceptors (Lipinski definition) is 4. The lowest BCUT2D eigenvalue weighted by molar-refractivity contribution is -0.132. The van der Waals surface area contributed by atoms with E-state index in [1.807, 2.05) is 66.2 Å². The van der Waals surface area contributed by atoms with Crippen LogP contribution in [0.1, 0.15) is 30.2 Å². The highest BCUT2D eigenvalue weighted by atomic mass is 16.5. The van der Waals surface area contributed by atoms with Crippen LogP contribution in [0.5, 0.6) is 5.75 Å². The highest BCUT2D eigenvalue weighted by molar-refractivity contribution is 5.80. The Morgan fingerprint density at radius 2 is 1.97 bits per heavy atom. The van der Waals surface area contributed by atoms with E-state index in [-0.39, 0.29) is 5.91 Å². The summed E-state index contributed by atoms with van der Waals surface area (Å²) < 4.78 is 12.8. The maximum atomic E-state index is 12.3. The standard InChI is InChI=1S/C24H29N3O3/c1-18-21(16-27(26-18)22-11-5-4-6-12-22)10-8-14-25-24(28)19(2)30-17-20-9-7-13-23(15-20)29-3/h4-7,9,11-13,15-16,19H,8,10,14,17H2,1-3H3,(H,25,28). The number of amides is 1. The summed E-state index contributed by atoms with van der Waals surface area (Å²) in [6, 6.07) is 17.7.